The minimum Gasteiger partial charge on any atom is -0.357 e. The monoisotopic (exact) mass is 513 g/mol. The van der Waals surface area contributed by atoms with Gasteiger partial charge in [-0.2, -0.15) is 8.78 Å². The van der Waals surface area contributed by atoms with Crippen LogP contribution in [0.3, 0.4) is 0 Å². The van der Waals surface area contributed by atoms with E-state index >= 15 is 0 Å². The number of hydrogen-bond acceptors (Lipinski definition) is 3. The lowest BCUT2D eigenvalue weighted by Crippen LogP contribution is -2.38. The summed E-state index contributed by atoms with van der Waals surface area (Å²) in [6.07, 6.45) is 3.45. The number of guanidine groups is 1. The van der Waals surface area contributed by atoms with Crippen LogP contribution in [0.4, 0.5) is 13.2 Å². The Hall–Kier alpha value is -1.43. The highest BCUT2D eigenvalue weighted by molar-refractivity contribution is 14.0. The number of rotatable bonds is 9. The smallest absolute Gasteiger partial charge is 0.319 e. The molecule has 5 nitrogen and oxygen atoms in total. The lowest BCUT2D eigenvalue weighted by molar-refractivity contribution is 0.0671. The van der Waals surface area contributed by atoms with Crippen LogP contribution in [0.5, 0.6) is 0 Å². The largest absolute Gasteiger partial charge is 0.357 e. The summed E-state index contributed by atoms with van der Waals surface area (Å²) >= 11 is 1.65. The average molecular weight is 513 g/mol. The molecular weight excluding hydrogens is 490 g/mol. The summed E-state index contributed by atoms with van der Waals surface area (Å²) in [6, 6.07) is 6.40. The highest BCUT2D eigenvalue weighted by Gasteiger charge is 2.10. The number of aromatic nitrogens is 2. The first-order chi connectivity index (χ1) is 12.6. The maximum absolute atomic E-state index is 12.8. The molecule has 0 fully saturated rings. The molecule has 150 valence electrons. The molecule has 0 aliphatic rings. The second-order valence-electron chi connectivity index (χ2n) is 5.31. The van der Waals surface area contributed by atoms with Gasteiger partial charge in [0.25, 0.3) is 0 Å². The lowest BCUT2D eigenvalue weighted by atomic mass is 10.4. The molecule has 0 radical (unpaired) electrons. The second-order valence-corrected chi connectivity index (χ2v) is 6.47. The average Bonchev–Trinajstić information content (AvgIpc) is 3.10. The lowest BCUT2D eigenvalue weighted by Gasteiger charge is -2.11. The van der Waals surface area contributed by atoms with Gasteiger partial charge in [0.05, 0.1) is 0 Å². The molecule has 0 saturated carbocycles. The maximum atomic E-state index is 12.8. The van der Waals surface area contributed by atoms with E-state index in [0.717, 1.165) is 21.6 Å². The van der Waals surface area contributed by atoms with Gasteiger partial charge >= 0.3 is 6.55 Å². The summed E-state index contributed by atoms with van der Waals surface area (Å²) in [4.78, 5) is 9.22. The quantitative estimate of drug-likeness (QED) is 0.173. The van der Waals surface area contributed by atoms with E-state index in [1.54, 1.807) is 23.9 Å². The van der Waals surface area contributed by atoms with E-state index in [1.165, 1.54) is 24.5 Å². The summed E-state index contributed by atoms with van der Waals surface area (Å²) in [5.41, 5.74) is 0. The molecule has 0 amide bonds. The molecule has 0 aliphatic carbocycles. The molecule has 2 rings (SSSR count). The van der Waals surface area contributed by atoms with Crippen molar-refractivity contribution < 1.29 is 13.2 Å². The number of thioether (sulfide) groups is 1. The Morgan fingerprint density at radius 3 is 2.67 bits per heavy atom. The number of imidazole rings is 1. The minimum absolute atomic E-state index is 0. The molecule has 0 aliphatic heterocycles. The Kier molecular flexibility index (Phi) is 11.3. The van der Waals surface area contributed by atoms with E-state index in [2.05, 4.69) is 20.6 Å². The first-order valence-electron chi connectivity index (χ1n) is 8.30. The fourth-order valence-electron chi connectivity index (χ4n) is 2.14. The highest BCUT2D eigenvalue weighted by atomic mass is 127. The number of halogens is 4. The van der Waals surface area contributed by atoms with Gasteiger partial charge in [-0.3, -0.25) is 4.57 Å². The summed E-state index contributed by atoms with van der Waals surface area (Å²) in [5.74, 6) is 1.40. The molecule has 0 spiro atoms. The predicted molar refractivity (Wildman–Crippen MR) is 113 cm³/mol. The molecule has 0 bridgehead atoms. The fourth-order valence-corrected chi connectivity index (χ4v) is 2.99. The van der Waals surface area contributed by atoms with Crippen molar-refractivity contribution in [1.82, 2.24) is 20.2 Å². The normalized spacial score (nSPS) is 11.4. The van der Waals surface area contributed by atoms with Gasteiger partial charge in [0.1, 0.15) is 18.2 Å². The van der Waals surface area contributed by atoms with E-state index in [9.17, 15) is 13.2 Å². The fraction of sp³-hybridized carbons (Fsp3) is 0.412. The number of nitrogens with zero attached hydrogens (tertiary/aromatic N) is 3. The second kappa shape index (κ2) is 12.9. The van der Waals surface area contributed by atoms with Gasteiger partial charge in [0.2, 0.25) is 0 Å². The van der Waals surface area contributed by atoms with Crippen LogP contribution in [0.25, 0.3) is 0 Å². The number of aliphatic imine (C=N–C) groups is 1. The Balaban J connectivity index is 0.00000364. The Morgan fingerprint density at radius 2 is 2.00 bits per heavy atom. The van der Waals surface area contributed by atoms with Crippen molar-refractivity contribution in [3.63, 3.8) is 0 Å². The van der Waals surface area contributed by atoms with Gasteiger partial charge in [-0.15, -0.1) is 35.7 Å². The summed E-state index contributed by atoms with van der Waals surface area (Å²) in [5, 5.41) is 6.24. The molecule has 0 saturated heterocycles. The van der Waals surface area contributed by atoms with Crippen LogP contribution < -0.4 is 10.6 Å². The molecule has 27 heavy (non-hydrogen) atoms. The Morgan fingerprint density at radius 1 is 1.26 bits per heavy atom. The highest BCUT2D eigenvalue weighted by Crippen LogP contribution is 2.18. The van der Waals surface area contributed by atoms with Gasteiger partial charge in [-0.25, -0.2) is 14.4 Å². The van der Waals surface area contributed by atoms with Gasteiger partial charge in [0.15, 0.2) is 5.96 Å². The molecule has 1 aromatic carbocycles. The van der Waals surface area contributed by atoms with E-state index < -0.39 is 6.55 Å². The SMILES string of the molecule is CCNC(=NCc1nccn1C(F)F)NCCCSc1ccc(F)cc1.I. The van der Waals surface area contributed by atoms with Crippen molar-refractivity contribution in [3.8, 4) is 0 Å². The Labute approximate surface area is 178 Å². The first kappa shape index (κ1) is 23.6. The van der Waals surface area contributed by atoms with Gasteiger partial charge < -0.3 is 10.6 Å². The van der Waals surface area contributed by atoms with E-state index in [0.29, 0.717) is 19.0 Å². The van der Waals surface area contributed by atoms with Crippen molar-refractivity contribution >= 4 is 41.7 Å². The van der Waals surface area contributed by atoms with Crippen LogP contribution in [0.2, 0.25) is 0 Å². The third kappa shape index (κ3) is 8.41. The summed E-state index contributed by atoms with van der Waals surface area (Å²) in [7, 11) is 0. The Bertz CT molecular complexity index is 694. The van der Waals surface area contributed by atoms with Crippen molar-refractivity contribution in [1.29, 1.82) is 0 Å². The van der Waals surface area contributed by atoms with E-state index in [1.807, 2.05) is 6.92 Å². The molecule has 0 atom stereocenters. The standard InChI is InChI=1S/C17H22F3N5S.HI/c1-2-21-17(24-12-15-22-9-10-25(15)16(19)20)23-8-3-11-26-14-6-4-13(18)5-7-14;/h4-7,9-10,16H,2-3,8,11-12H2,1H3,(H2,21,23,24);1H. The zero-order valence-corrected chi connectivity index (χ0v) is 18.0. The zero-order chi connectivity index (χ0) is 18.8. The third-order valence-electron chi connectivity index (χ3n) is 3.38. The van der Waals surface area contributed by atoms with Crippen LogP contribution in [0.1, 0.15) is 25.7 Å². The van der Waals surface area contributed by atoms with Gasteiger partial charge in [0, 0.05) is 30.4 Å². The topological polar surface area (TPSA) is 54.2 Å². The van der Waals surface area contributed by atoms with E-state index in [4.69, 9.17) is 0 Å². The van der Waals surface area contributed by atoms with Crippen molar-refractivity contribution in [3.05, 3.63) is 48.3 Å². The summed E-state index contributed by atoms with van der Waals surface area (Å²) < 4.78 is 39.3. The molecule has 1 aromatic heterocycles. The third-order valence-corrected chi connectivity index (χ3v) is 4.48. The molecule has 0 unspecified atom stereocenters. The number of hydrogen-bond donors (Lipinski definition) is 2. The number of alkyl halides is 2. The predicted octanol–water partition coefficient (Wildman–Crippen LogP) is 4.27. The minimum atomic E-state index is -2.62. The van der Waals surface area contributed by atoms with Crippen LogP contribution in [-0.2, 0) is 6.54 Å². The van der Waals surface area contributed by atoms with Crippen LogP contribution >= 0.6 is 35.7 Å². The first-order valence-corrected chi connectivity index (χ1v) is 9.29. The molecule has 1 heterocycles. The van der Waals surface area contributed by atoms with Crippen LogP contribution in [-0.4, -0.2) is 34.4 Å². The van der Waals surface area contributed by atoms with Crippen LogP contribution in [0, 0.1) is 5.82 Å². The van der Waals surface area contributed by atoms with Gasteiger partial charge in [-0.05, 0) is 43.4 Å². The maximum Gasteiger partial charge on any atom is 0.319 e. The van der Waals surface area contributed by atoms with Crippen molar-refractivity contribution in [2.75, 3.05) is 18.8 Å². The zero-order valence-electron chi connectivity index (χ0n) is 14.9. The molecular formula is C17H23F3IN5S. The molecule has 10 heteroatoms. The van der Waals surface area contributed by atoms with E-state index in [-0.39, 0.29) is 42.2 Å². The van der Waals surface area contributed by atoms with Crippen molar-refractivity contribution in [2.24, 2.45) is 4.99 Å². The molecule has 2 aromatic rings. The number of nitrogens with one attached hydrogen (secondary N) is 2. The van der Waals surface area contributed by atoms with Crippen LogP contribution in [0.15, 0.2) is 46.5 Å². The van der Waals surface area contributed by atoms with Crippen molar-refractivity contribution in [2.45, 2.75) is 31.3 Å². The summed E-state index contributed by atoms with van der Waals surface area (Å²) in [6.45, 7) is 0.725. The van der Waals surface area contributed by atoms with Gasteiger partial charge in [-0.1, -0.05) is 0 Å². The molecule has 2 N–H and O–H groups in total. The number of benzene rings is 1.